The van der Waals surface area contributed by atoms with Gasteiger partial charge in [0.15, 0.2) is 0 Å². The van der Waals surface area contributed by atoms with Crippen LogP contribution < -0.4 is 0 Å². The smallest absolute Gasteiger partial charge is 0.236 e. The maximum absolute atomic E-state index is 12.4. The lowest BCUT2D eigenvalue weighted by molar-refractivity contribution is -0.132. The topological polar surface area (TPSA) is 36.0 Å². The molecule has 0 aliphatic carbocycles. The molecule has 23 heavy (non-hydrogen) atoms. The molecule has 0 unspecified atom stereocenters. The van der Waals surface area contributed by atoms with Crippen LogP contribution in [0.25, 0.3) is 0 Å². The van der Waals surface area contributed by atoms with E-state index < -0.39 is 0 Å². The number of rotatable bonds is 7. The predicted octanol–water partition coefficient (Wildman–Crippen LogP) is 1.22. The van der Waals surface area contributed by atoms with E-state index in [9.17, 15) is 4.79 Å². The summed E-state index contributed by atoms with van der Waals surface area (Å²) in [5, 5.41) is 0. The summed E-state index contributed by atoms with van der Waals surface area (Å²) >= 11 is 0. The Bertz CT molecular complexity index is 499. The predicted molar refractivity (Wildman–Crippen MR) is 92.4 cm³/mol. The maximum atomic E-state index is 12.4. The van der Waals surface area contributed by atoms with Gasteiger partial charge in [-0.25, -0.2) is 0 Å². The molecular formula is C18H29N3O2. The largest absolute Gasteiger partial charge is 0.383 e. The van der Waals surface area contributed by atoms with E-state index in [1.54, 1.807) is 7.11 Å². The molecule has 0 spiro atoms. The van der Waals surface area contributed by atoms with Crippen molar-refractivity contribution < 1.29 is 9.53 Å². The van der Waals surface area contributed by atoms with E-state index >= 15 is 0 Å². The van der Waals surface area contributed by atoms with Gasteiger partial charge in [0, 0.05) is 53.4 Å². The van der Waals surface area contributed by atoms with Crippen molar-refractivity contribution in [2.24, 2.45) is 0 Å². The molecule has 0 N–H and O–H groups in total. The minimum absolute atomic E-state index is 0.193. The van der Waals surface area contributed by atoms with Crippen LogP contribution in [0.5, 0.6) is 0 Å². The van der Waals surface area contributed by atoms with Gasteiger partial charge in [0.2, 0.25) is 5.91 Å². The van der Waals surface area contributed by atoms with Crippen molar-refractivity contribution in [2.45, 2.75) is 13.5 Å². The molecule has 1 amide bonds. The summed E-state index contributed by atoms with van der Waals surface area (Å²) in [5.41, 5.74) is 2.45. The molecular weight excluding hydrogens is 290 g/mol. The van der Waals surface area contributed by atoms with Gasteiger partial charge in [-0.3, -0.25) is 14.6 Å². The standard InChI is InChI=1S/C18H29N3O2/c1-16-6-4-5-7-17(16)14-19(2)18(22)15-21-10-8-20(9-11-21)12-13-23-3/h4-7H,8-15H2,1-3H3. The van der Waals surface area contributed by atoms with Gasteiger partial charge < -0.3 is 9.64 Å². The number of benzene rings is 1. The average Bonchev–Trinajstić information content (AvgIpc) is 2.56. The zero-order valence-electron chi connectivity index (χ0n) is 14.6. The van der Waals surface area contributed by atoms with Crippen LogP contribution in [0, 0.1) is 6.92 Å². The molecule has 0 atom stereocenters. The Balaban J connectivity index is 1.75. The quantitative estimate of drug-likeness (QED) is 0.757. The average molecular weight is 319 g/mol. The Labute approximate surface area is 139 Å². The van der Waals surface area contributed by atoms with Crippen LogP contribution in [0.4, 0.5) is 0 Å². The lowest BCUT2D eigenvalue weighted by Gasteiger charge is -2.34. The van der Waals surface area contributed by atoms with Crippen molar-refractivity contribution in [3.8, 4) is 0 Å². The van der Waals surface area contributed by atoms with E-state index in [0.717, 1.165) is 39.3 Å². The number of nitrogens with zero attached hydrogens (tertiary/aromatic N) is 3. The number of aryl methyl sites for hydroxylation is 1. The molecule has 1 aliphatic rings. The van der Waals surface area contributed by atoms with Gasteiger partial charge in [-0.1, -0.05) is 24.3 Å². The molecule has 5 nitrogen and oxygen atoms in total. The highest BCUT2D eigenvalue weighted by atomic mass is 16.5. The molecule has 2 rings (SSSR count). The van der Waals surface area contributed by atoms with Crippen LogP contribution in [-0.2, 0) is 16.1 Å². The highest BCUT2D eigenvalue weighted by Gasteiger charge is 2.20. The van der Waals surface area contributed by atoms with Crippen molar-refractivity contribution in [1.82, 2.24) is 14.7 Å². The van der Waals surface area contributed by atoms with Gasteiger partial charge in [-0.15, -0.1) is 0 Å². The number of ether oxygens (including phenoxy) is 1. The van der Waals surface area contributed by atoms with E-state index in [0.29, 0.717) is 13.1 Å². The Morgan fingerprint density at radius 2 is 1.83 bits per heavy atom. The molecule has 128 valence electrons. The number of amides is 1. The van der Waals surface area contributed by atoms with E-state index in [-0.39, 0.29) is 5.91 Å². The van der Waals surface area contributed by atoms with Crippen LogP contribution in [-0.4, -0.2) is 80.6 Å². The first-order valence-corrected chi connectivity index (χ1v) is 8.32. The molecule has 1 aromatic rings. The summed E-state index contributed by atoms with van der Waals surface area (Å²) in [6, 6.07) is 8.24. The molecule has 5 heteroatoms. The fourth-order valence-electron chi connectivity index (χ4n) is 2.83. The molecule has 0 aromatic heterocycles. The summed E-state index contributed by atoms with van der Waals surface area (Å²) < 4.78 is 5.12. The molecule has 1 aromatic carbocycles. The number of hydrogen-bond acceptors (Lipinski definition) is 4. The molecule has 1 saturated heterocycles. The Morgan fingerprint density at radius 3 is 2.48 bits per heavy atom. The fourth-order valence-corrected chi connectivity index (χ4v) is 2.83. The molecule has 0 bridgehead atoms. The van der Waals surface area contributed by atoms with Crippen molar-refractivity contribution in [3.05, 3.63) is 35.4 Å². The summed E-state index contributed by atoms with van der Waals surface area (Å²) in [5.74, 6) is 0.193. The van der Waals surface area contributed by atoms with Crippen molar-refractivity contribution >= 4 is 5.91 Å². The van der Waals surface area contributed by atoms with E-state index in [4.69, 9.17) is 4.74 Å². The van der Waals surface area contributed by atoms with Crippen molar-refractivity contribution in [3.63, 3.8) is 0 Å². The molecule has 0 saturated carbocycles. The highest BCUT2D eigenvalue weighted by molar-refractivity contribution is 5.78. The molecule has 1 aliphatic heterocycles. The van der Waals surface area contributed by atoms with Crippen molar-refractivity contribution in [2.75, 3.05) is 60.0 Å². The third-order valence-corrected chi connectivity index (χ3v) is 4.53. The van der Waals surface area contributed by atoms with Crippen LogP contribution in [0.3, 0.4) is 0 Å². The second-order valence-corrected chi connectivity index (χ2v) is 6.29. The van der Waals surface area contributed by atoms with Crippen molar-refractivity contribution in [1.29, 1.82) is 0 Å². The molecule has 1 heterocycles. The molecule has 0 radical (unpaired) electrons. The van der Waals surface area contributed by atoms with Gasteiger partial charge in [0.1, 0.15) is 0 Å². The number of likely N-dealkylation sites (N-methyl/N-ethyl adjacent to an activating group) is 1. The van der Waals surface area contributed by atoms with E-state index in [1.165, 1.54) is 11.1 Å². The number of hydrogen-bond donors (Lipinski definition) is 0. The minimum Gasteiger partial charge on any atom is -0.383 e. The number of piperazine rings is 1. The van der Waals surface area contributed by atoms with Gasteiger partial charge in [0.25, 0.3) is 0 Å². The zero-order valence-corrected chi connectivity index (χ0v) is 14.6. The van der Waals surface area contributed by atoms with Gasteiger partial charge in [-0.2, -0.15) is 0 Å². The number of methoxy groups -OCH3 is 1. The summed E-state index contributed by atoms with van der Waals surface area (Å²) in [4.78, 5) is 18.9. The summed E-state index contributed by atoms with van der Waals surface area (Å²) in [6.07, 6.45) is 0. The van der Waals surface area contributed by atoms with Gasteiger partial charge in [0.05, 0.1) is 13.2 Å². The van der Waals surface area contributed by atoms with Gasteiger partial charge >= 0.3 is 0 Å². The van der Waals surface area contributed by atoms with Gasteiger partial charge in [-0.05, 0) is 18.1 Å². The SMILES string of the molecule is COCCN1CCN(CC(=O)N(C)Cc2ccccc2C)CC1. The third kappa shape index (κ3) is 5.61. The van der Waals surface area contributed by atoms with Crippen LogP contribution in [0.2, 0.25) is 0 Å². The number of carbonyl (C=O) groups is 1. The number of carbonyl (C=O) groups excluding carboxylic acids is 1. The minimum atomic E-state index is 0.193. The van der Waals surface area contributed by atoms with E-state index in [2.05, 4.69) is 28.9 Å². The zero-order chi connectivity index (χ0) is 16.7. The van der Waals surface area contributed by atoms with Crippen LogP contribution in [0.15, 0.2) is 24.3 Å². The maximum Gasteiger partial charge on any atom is 0.236 e. The van der Waals surface area contributed by atoms with Crippen LogP contribution in [0.1, 0.15) is 11.1 Å². The lowest BCUT2D eigenvalue weighted by Crippen LogP contribution is -2.50. The second kappa shape index (κ2) is 9.01. The summed E-state index contributed by atoms with van der Waals surface area (Å²) in [7, 11) is 3.63. The Kier molecular flexibility index (Phi) is 7.02. The second-order valence-electron chi connectivity index (χ2n) is 6.29. The Hall–Kier alpha value is -1.43. The highest BCUT2D eigenvalue weighted by Crippen LogP contribution is 2.10. The molecule has 1 fully saturated rings. The summed E-state index contributed by atoms with van der Waals surface area (Å²) in [6.45, 7) is 8.97. The fraction of sp³-hybridized carbons (Fsp3) is 0.611. The van der Waals surface area contributed by atoms with Crippen LogP contribution >= 0.6 is 0 Å². The van der Waals surface area contributed by atoms with E-state index in [1.807, 2.05) is 24.1 Å². The first kappa shape index (κ1) is 17.9. The Morgan fingerprint density at radius 1 is 1.17 bits per heavy atom. The lowest BCUT2D eigenvalue weighted by atomic mass is 10.1. The first-order chi connectivity index (χ1) is 11.1. The normalized spacial score (nSPS) is 16.5. The monoisotopic (exact) mass is 319 g/mol. The third-order valence-electron chi connectivity index (χ3n) is 4.53. The first-order valence-electron chi connectivity index (χ1n) is 8.32.